The van der Waals surface area contributed by atoms with Gasteiger partial charge in [0, 0.05) is 31.3 Å². The van der Waals surface area contributed by atoms with Crippen LogP contribution in [0.25, 0.3) is 0 Å². The highest BCUT2D eigenvalue weighted by Gasteiger charge is 2.32. The summed E-state index contributed by atoms with van der Waals surface area (Å²) in [6.45, 7) is -2.24. The number of likely N-dealkylation sites (N-methyl/N-ethyl adjacent to an activating group) is 1. The van der Waals surface area contributed by atoms with Crippen LogP contribution in [0.4, 0.5) is 14.5 Å². The molecule has 0 spiro atoms. The Hall–Kier alpha value is -3.99. The maximum atomic E-state index is 12.6. The number of alkyl halides is 2. The van der Waals surface area contributed by atoms with E-state index >= 15 is 0 Å². The second-order valence-corrected chi connectivity index (χ2v) is 8.49. The van der Waals surface area contributed by atoms with Crippen molar-refractivity contribution in [2.75, 3.05) is 25.5 Å². The van der Waals surface area contributed by atoms with E-state index in [9.17, 15) is 23.6 Å². The zero-order valence-corrected chi connectivity index (χ0v) is 21.5. The zero-order valence-electron chi connectivity index (χ0n) is 20.0. The van der Waals surface area contributed by atoms with Gasteiger partial charge in [-0.2, -0.15) is 19.1 Å². The van der Waals surface area contributed by atoms with E-state index in [2.05, 4.69) is 25.6 Å². The Morgan fingerprint density at radius 3 is 2.71 bits per heavy atom. The summed E-state index contributed by atoms with van der Waals surface area (Å²) < 4.78 is 34.4. The van der Waals surface area contributed by atoms with Gasteiger partial charge in [-0.25, -0.2) is 10.4 Å². The number of esters is 1. The predicted octanol–water partition coefficient (Wildman–Crippen LogP) is 3.46. The highest BCUT2D eigenvalue weighted by atomic mass is 35.5. The number of carbonyl (C=O) groups excluding carboxylic acids is 2. The van der Waals surface area contributed by atoms with Crippen molar-refractivity contribution in [2.45, 2.75) is 19.6 Å². The molecule has 0 aliphatic carbocycles. The number of aliphatic imine (C=N–C) groups is 1. The topological polar surface area (TPSA) is 132 Å². The molecule has 0 saturated heterocycles. The quantitative estimate of drug-likeness (QED) is 0.163. The number of hydrazine groups is 1. The Labute approximate surface area is 226 Å². The van der Waals surface area contributed by atoms with Crippen molar-refractivity contribution >= 4 is 52.4 Å². The molecule has 200 valence electrons. The number of nitrogens with zero attached hydrogens (tertiary/aromatic N) is 5. The van der Waals surface area contributed by atoms with Crippen LogP contribution in [0.1, 0.15) is 12.5 Å². The van der Waals surface area contributed by atoms with Gasteiger partial charge in [-0.3, -0.25) is 14.6 Å². The summed E-state index contributed by atoms with van der Waals surface area (Å²) >= 11 is 12.2. The van der Waals surface area contributed by atoms with Crippen molar-refractivity contribution in [1.82, 2.24) is 15.4 Å². The molecule has 1 aliphatic heterocycles. The fourth-order valence-electron chi connectivity index (χ4n) is 3.29. The van der Waals surface area contributed by atoms with E-state index in [1.807, 2.05) is 0 Å². The molecule has 1 amide bonds. The minimum Gasteiger partial charge on any atom is -0.456 e. The Bertz CT molecular complexity index is 1300. The van der Waals surface area contributed by atoms with Crippen LogP contribution < -0.4 is 15.5 Å². The van der Waals surface area contributed by atoms with Gasteiger partial charge in [0.25, 0.3) is 5.91 Å². The largest absolute Gasteiger partial charge is 0.456 e. The number of halogens is 4. The summed E-state index contributed by atoms with van der Waals surface area (Å²) in [5, 5.41) is 19.8. The predicted molar refractivity (Wildman–Crippen MR) is 136 cm³/mol. The monoisotopic (exact) mass is 567 g/mol. The molecule has 2 N–H and O–H groups in total. The molecule has 2 aromatic rings. The minimum absolute atomic E-state index is 0.0301. The molecule has 1 unspecified atom stereocenters. The molecule has 1 aliphatic rings. The van der Waals surface area contributed by atoms with Gasteiger partial charge in [0.05, 0.1) is 28.3 Å². The molecule has 11 nitrogen and oxygen atoms in total. The van der Waals surface area contributed by atoms with Crippen LogP contribution in [0.5, 0.6) is 5.75 Å². The molecule has 2 aromatic carbocycles. The highest BCUT2D eigenvalue weighted by molar-refractivity contribution is 6.42. The highest BCUT2D eigenvalue weighted by Crippen LogP contribution is 2.26. The smallest absolute Gasteiger partial charge is 0.387 e. The van der Waals surface area contributed by atoms with Crippen molar-refractivity contribution in [1.29, 1.82) is 5.26 Å². The number of nitriles is 1. The molecule has 0 fully saturated rings. The van der Waals surface area contributed by atoms with E-state index in [0.717, 1.165) is 5.01 Å². The van der Waals surface area contributed by atoms with Gasteiger partial charge in [-0.1, -0.05) is 35.3 Å². The summed E-state index contributed by atoms with van der Waals surface area (Å²) in [5.41, 5.74) is 4.25. The number of hydrogen-bond donors (Lipinski definition) is 2. The van der Waals surface area contributed by atoms with E-state index in [-0.39, 0.29) is 23.3 Å². The average Bonchev–Trinajstić information content (AvgIpc) is 3.27. The molecule has 0 bridgehead atoms. The maximum Gasteiger partial charge on any atom is 0.387 e. The number of nitrogens with one attached hydrogen (secondary N) is 2. The fraction of sp³-hybridized carbons (Fsp3) is 0.261. The van der Waals surface area contributed by atoms with Crippen LogP contribution in [0.3, 0.4) is 0 Å². The molecule has 38 heavy (non-hydrogen) atoms. The lowest BCUT2D eigenvalue weighted by molar-refractivity contribution is -0.151. The number of hydrogen-bond acceptors (Lipinski definition) is 8. The Balaban J connectivity index is 1.89. The molecule has 0 radical (unpaired) electrons. The van der Waals surface area contributed by atoms with Crippen LogP contribution in [0, 0.1) is 11.5 Å². The Kier molecular flexibility index (Phi) is 9.78. The van der Waals surface area contributed by atoms with Gasteiger partial charge in [0.1, 0.15) is 5.75 Å². The number of carbonyl (C=O) groups is 2. The molecule has 0 saturated carbocycles. The molecule has 1 atom stereocenters. The normalized spacial score (nSPS) is 15.1. The molecule has 3 rings (SSSR count). The number of ether oxygens (including phenoxy) is 2. The van der Waals surface area contributed by atoms with Crippen LogP contribution in [-0.2, 0) is 14.3 Å². The second-order valence-electron chi connectivity index (χ2n) is 7.68. The van der Waals surface area contributed by atoms with E-state index < -0.39 is 31.1 Å². The lowest BCUT2D eigenvalue weighted by Crippen LogP contribution is -2.52. The Morgan fingerprint density at radius 2 is 2.05 bits per heavy atom. The number of guanidine groups is 1. The van der Waals surface area contributed by atoms with Crippen molar-refractivity contribution in [3.05, 3.63) is 58.1 Å². The first-order valence-corrected chi connectivity index (χ1v) is 11.6. The molecule has 0 aromatic heterocycles. The summed E-state index contributed by atoms with van der Waals surface area (Å²) in [4.78, 5) is 27.2. The first kappa shape index (κ1) is 28.6. The summed E-state index contributed by atoms with van der Waals surface area (Å²) in [6.07, 6.45) is 1.68. The Morgan fingerprint density at radius 1 is 1.29 bits per heavy atom. The minimum atomic E-state index is -3.01. The standard InChI is InChI=1S/C23H21Cl2F2N7O4/c1-13(35)37-11-20(36)33(2)31-19-10-34(32-21(19)14-6-7-17(24)18(25)8-14)23(29-12-28)30-15-4-3-5-16(9-15)38-22(26)27/h3-9,19,22,31H,10-11H2,1-2H3,(H,29,30). The van der Waals surface area contributed by atoms with Gasteiger partial charge >= 0.3 is 12.6 Å². The van der Waals surface area contributed by atoms with Gasteiger partial charge in [-0.15, -0.1) is 4.99 Å². The van der Waals surface area contributed by atoms with E-state index in [0.29, 0.717) is 22.0 Å². The maximum absolute atomic E-state index is 12.6. The summed E-state index contributed by atoms with van der Waals surface area (Å²) in [6, 6.07) is 9.88. The van der Waals surface area contributed by atoms with E-state index in [1.165, 1.54) is 37.2 Å². The van der Waals surface area contributed by atoms with Crippen molar-refractivity contribution in [2.24, 2.45) is 10.1 Å². The molecular weight excluding hydrogens is 547 g/mol. The average molecular weight is 568 g/mol. The first-order chi connectivity index (χ1) is 18.1. The number of rotatable bonds is 8. The third-order valence-electron chi connectivity index (χ3n) is 4.97. The van der Waals surface area contributed by atoms with E-state index in [4.69, 9.17) is 27.9 Å². The number of anilines is 1. The third kappa shape index (κ3) is 7.75. The van der Waals surface area contributed by atoms with Crippen molar-refractivity contribution in [3.63, 3.8) is 0 Å². The van der Waals surface area contributed by atoms with Gasteiger partial charge in [-0.05, 0) is 24.3 Å². The molecular formula is C23H21Cl2F2N7O4. The fourth-order valence-corrected chi connectivity index (χ4v) is 3.59. The van der Waals surface area contributed by atoms with Crippen LogP contribution >= 0.6 is 23.2 Å². The summed E-state index contributed by atoms with van der Waals surface area (Å²) in [5.74, 6) is -1.28. The van der Waals surface area contributed by atoms with Gasteiger partial charge in [0.15, 0.2) is 6.61 Å². The third-order valence-corrected chi connectivity index (χ3v) is 5.71. The van der Waals surface area contributed by atoms with Crippen LogP contribution in [0.15, 0.2) is 52.6 Å². The summed E-state index contributed by atoms with van der Waals surface area (Å²) in [7, 11) is 1.44. The SMILES string of the molecule is CC(=O)OCC(=O)N(C)NC1CN(/C(=N\C#N)Nc2cccc(OC(F)F)c2)N=C1c1ccc(Cl)c(Cl)c1. The zero-order chi connectivity index (χ0) is 27.8. The van der Waals surface area contributed by atoms with Crippen molar-refractivity contribution < 1.29 is 27.8 Å². The van der Waals surface area contributed by atoms with Gasteiger partial charge < -0.3 is 14.8 Å². The van der Waals surface area contributed by atoms with Crippen molar-refractivity contribution in [3.8, 4) is 11.9 Å². The van der Waals surface area contributed by atoms with Gasteiger partial charge in [0.2, 0.25) is 12.2 Å². The lowest BCUT2D eigenvalue weighted by Gasteiger charge is -2.24. The second kappa shape index (κ2) is 13.0. The number of amides is 1. The molecule has 1 heterocycles. The molecule has 15 heteroatoms. The number of benzene rings is 2. The number of hydrazone groups is 1. The lowest BCUT2D eigenvalue weighted by atomic mass is 10.0. The first-order valence-electron chi connectivity index (χ1n) is 10.8. The van der Waals surface area contributed by atoms with Crippen LogP contribution in [0.2, 0.25) is 10.0 Å². The van der Waals surface area contributed by atoms with Crippen LogP contribution in [-0.4, -0.2) is 66.4 Å². The van der Waals surface area contributed by atoms with E-state index in [1.54, 1.807) is 30.5 Å².